The summed E-state index contributed by atoms with van der Waals surface area (Å²) < 4.78 is 23.8. The van der Waals surface area contributed by atoms with Gasteiger partial charge in [0, 0.05) is 24.2 Å². The second-order valence-electron chi connectivity index (χ2n) is 6.42. The van der Waals surface area contributed by atoms with E-state index in [0.29, 0.717) is 0 Å². The van der Waals surface area contributed by atoms with E-state index in [1.54, 1.807) is 0 Å². The molecule has 0 rings (SSSR count). The zero-order valence-corrected chi connectivity index (χ0v) is 17.4. The average Bonchev–Trinajstić information content (AvgIpc) is 2.65. The number of hydrogen-bond acceptors (Lipinski definition) is 8. The van der Waals surface area contributed by atoms with Gasteiger partial charge in [-0.15, -0.1) is 0 Å². The highest BCUT2D eigenvalue weighted by atomic mass is 28.4. The summed E-state index contributed by atoms with van der Waals surface area (Å²) in [6.07, 6.45) is 3.12. The molecule has 0 radical (unpaired) electrons. The fourth-order valence-corrected chi connectivity index (χ4v) is 3.73. The van der Waals surface area contributed by atoms with Crippen LogP contribution in [0.1, 0.15) is 53.4 Å². The Balaban J connectivity index is 5.11. The van der Waals surface area contributed by atoms with Gasteiger partial charge >= 0.3 is 9.05 Å². The van der Waals surface area contributed by atoms with Gasteiger partial charge in [0.05, 0.1) is 26.4 Å². The highest BCUT2D eigenvalue weighted by Crippen LogP contribution is 2.15. The Kier molecular flexibility index (Phi) is 14.0. The molecule has 0 aliphatic carbocycles. The first-order chi connectivity index (χ1) is 11.8. The molecule has 8 N–H and O–H groups in total. The lowest BCUT2D eigenvalue weighted by Gasteiger charge is -2.31. The molecule has 4 unspecified atom stereocenters. The van der Waals surface area contributed by atoms with Crippen LogP contribution in [0.25, 0.3) is 0 Å². The third-order valence-corrected chi connectivity index (χ3v) is 6.08. The van der Waals surface area contributed by atoms with Crippen LogP contribution in [0.15, 0.2) is 0 Å². The maximum Gasteiger partial charge on any atom is 0.679 e. The predicted molar refractivity (Wildman–Crippen MR) is 103 cm³/mol. The van der Waals surface area contributed by atoms with Gasteiger partial charge in [-0.3, -0.25) is 0 Å². The third kappa shape index (κ3) is 11.3. The Morgan fingerprint density at radius 3 is 0.880 bits per heavy atom. The molecule has 0 aliphatic rings. The Labute approximate surface area is 154 Å². The topological polar surface area (TPSA) is 141 Å². The molecule has 0 bridgehead atoms. The fourth-order valence-electron chi connectivity index (χ4n) is 1.56. The van der Waals surface area contributed by atoms with Gasteiger partial charge < -0.3 is 40.6 Å². The van der Waals surface area contributed by atoms with Gasteiger partial charge in [0.1, 0.15) is 0 Å². The van der Waals surface area contributed by atoms with Crippen LogP contribution in [0.4, 0.5) is 0 Å². The van der Waals surface area contributed by atoms with Crippen molar-refractivity contribution >= 4 is 9.05 Å². The van der Waals surface area contributed by atoms with E-state index in [-0.39, 0.29) is 50.6 Å². The van der Waals surface area contributed by atoms with E-state index in [1.165, 1.54) is 0 Å². The van der Waals surface area contributed by atoms with Crippen molar-refractivity contribution < 1.29 is 17.7 Å². The van der Waals surface area contributed by atoms with Crippen molar-refractivity contribution in [3.05, 3.63) is 0 Å². The molecule has 0 saturated heterocycles. The van der Waals surface area contributed by atoms with Gasteiger partial charge in [-0.2, -0.15) is 0 Å². The summed E-state index contributed by atoms with van der Waals surface area (Å²) in [4.78, 5) is 0. The molecular weight excluding hydrogens is 340 g/mol. The first-order valence-electron chi connectivity index (χ1n) is 9.40. The molecule has 0 aromatic rings. The first kappa shape index (κ1) is 24.9. The largest absolute Gasteiger partial charge is 0.679 e. The van der Waals surface area contributed by atoms with Gasteiger partial charge in [0.15, 0.2) is 0 Å². The molecule has 0 amide bonds. The average molecular weight is 381 g/mol. The lowest BCUT2D eigenvalue weighted by Crippen LogP contribution is -2.55. The van der Waals surface area contributed by atoms with Crippen LogP contribution in [0, 0.1) is 0 Å². The summed E-state index contributed by atoms with van der Waals surface area (Å²) in [5.74, 6) is 0. The molecule has 0 aliphatic heterocycles. The molecule has 25 heavy (non-hydrogen) atoms. The summed E-state index contributed by atoms with van der Waals surface area (Å²) >= 11 is 0. The maximum atomic E-state index is 5.98. The minimum atomic E-state index is -3.43. The van der Waals surface area contributed by atoms with E-state index in [2.05, 4.69) is 0 Å². The number of hydrogen-bond donors (Lipinski definition) is 4. The van der Waals surface area contributed by atoms with Gasteiger partial charge in [0.25, 0.3) is 0 Å². The number of nitrogens with two attached hydrogens (primary N) is 4. The molecular formula is C16H40N4O4Si. The van der Waals surface area contributed by atoms with Crippen molar-refractivity contribution in [1.82, 2.24) is 0 Å². The summed E-state index contributed by atoms with van der Waals surface area (Å²) in [7, 11) is -3.43. The van der Waals surface area contributed by atoms with Crippen molar-refractivity contribution in [2.75, 3.05) is 26.4 Å². The second-order valence-corrected chi connectivity index (χ2v) is 8.57. The molecule has 9 heteroatoms. The summed E-state index contributed by atoms with van der Waals surface area (Å²) in [6, 6.07) is -0.492. The van der Waals surface area contributed by atoms with Crippen LogP contribution in [-0.4, -0.2) is 59.6 Å². The quantitative estimate of drug-likeness (QED) is 0.283. The molecule has 0 aromatic heterocycles. The molecule has 0 saturated carbocycles. The molecule has 0 fully saturated rings. The highest BCUT2D eigenvalue weighted by molar-refractivity contribution is 6.53. The van der Waals surface area contributed by atoms with Gasteiger partial charge in [-0.1, -0.05) is 27.7 Å². The summed E-state index contributed by atoms with van der Waals surface area (Å²) in [5.41, 5.74) is 23.9. The fraction of sp³-hybridized carbons (Fsp3) is 1.00. The summed E-state index contributed by atoms with van der Waals surface area (Å²) in [5, 5.41) is 0. The van der Waals surface area contributed by atoms with Crippen molar-refractivity contribution in [2.45, 2.75) is 77.5 Å². The monoisotopic (exact) mass is 380 g/mol. The highest BCUT2D eigenvalue weighted by Gasteiger charge is 2.47. The maximum absolute atomic E-state index is 5.98. The van der Waals surface area contributed by atoms with Crippen LogP contribution in [0.3, 0.4) is 0 Å². The Morgan fingerprint density at radius 1 is 0.520 bits per heavy atom. The lowest BCUT2D eigenvalue weighted by atomic mass is 10.3. The van der Waals surface area contributed by atoms with Gasteiger partial charge in [0.2, 0.25) is 0 Å². The van der Waals surface area contributed by atoms with Crippen molar-refractivity contribution in [3.63, 3.8) is 0 Å². The molecule has 0 spiro atoms. The van der Waals surface area contributed by atoms with Crippen LogP contribution in [-0.2, 0) is 17.7 Å². The van der Waals surface area contributed by atoms with Gasteiger partial charge in [-0.05, 0) is 25.7 Å². The molecule has 0 heterocycles. The zero-order chi connectivity index (χ0) is 19.3. The van der Waals surface area contributed by atoms with Crippen LogP contribution < -0.4 is 22.9 Å². The van der Waals surface area contributed by atoms with E-state index < -0.39 is 9.05 Å². The predicted octanol–water partition coefficient (Wildman–Crippen LogP) is 0.438. The van der Waals surface area contributed by atoms with E-state index in [4.69, 9.17) is 40.6 Å². The normalized spacial score (nSPS) is 19.2. The molecule has 152 valence electrons. The van der Waals surface area contributed by atoms with E-state index in [0.717, 1.165) is 25.7 Å². The number of rotatable bonds is 16. The van der Waals surface area contributed by atoms with Crippen LogP contribution in [0.5, 0.6) is 0 Å². The first-order valence-corrected chi connectivity index (χ1v) is 11.0. The van der Waals surface area contributed by atoms with Crippen LogP contribution >= 0.6 is 0 Å². The Bertz CT molecular complexity index is 267. The molecule has 4 atom stereocenters. The van der Waals surface area contributed by atoms with Gasteiger partial charge in [-0.25, -0.2) is 0 Å². The zero-order valence-electron chi connectivity index (χ0n) is 16.4. The second kappa shape index (κ2) is 14.0. The van der Waals surface area contributed by atoms with E-state index >= 15 is 0 Å². The third-order valence-electron chi connectivity index (χ3n) is 3.99. The van der Waals surface area contributed by atoms with Crippen molar-refractivity contribution in [1.29, 1.82) is 0 Å². The smallest absolute Gasteiger partial charge is 0.350 e. The minimum absolute atomic E-state index is 0.123. The molecule has 8 nitrogen and oxygen atoms in total. The van der Waals surface area contributed by atoms with Crippen molar-refractivity contribution in [3.8, 4) is 0 Å². The van der Waals surface area contributed by atoms with Crippen LogP contribution in [0.2, 0.25) is 0 Å². The SMILES string of the molecule is CCC(N)CO[Si](OCC(N)CC)(OCC(N)CC)OCC(N)CC. The van der Waals surface area contributed by atoms with E-state index in [1.807, 2.05) is 27.7 Å². The summed E-state index contributed by atoms with van der Waals surface area (Å²) in [6.45, 7) is 9.11. The molecule has 0 aromatic carbocycles. The Hall–Kier alpha value is -0.103. The lowest BCUT2D eigenvalue weighted by molar-refractivity contribution is -0.0444. The standard InChI is InChI=1S/C16H40N4O4Si/c1-5-13(17)9-21-25(22-10-14(18)6-2,23-11-15(19)7-3)24-12-16(20)8-4/h13-16H,5-12,17-20H2,1-4H3. The minimum Gasteiger partial charge on any atom is -0.350 e. The Morgan fingerprint density at radius 2 is 0.720 bits per heavy atom. The van der Waals surface area contributed by atoms with Crippen molar-refractivity contribution in [2.24, 2.45) is 22.9 Å². The van der Waals surface area contributed by atoms with E-state index in [9.17, 15) is 0 Å².